The molecule has 1 aliphatic rings. The standard InChI is InChI=1S/C21H7B10Br/c1-21(2)10-7(9-11(21)16(28)19(31)18(30)13(9)25)8(12(24)17(29)15(10)27)6-4(22)3-5(23)20(32)14(6)26/h3H,1-2H3. The van der Waals surface area contributed by atoms with Crippen molar-refractivity contribution >= 4 is 149 Å². The molecular formula is C21H7B10Br. The van der Waals surface area contributed by atoms with Gasteiger partial charge in [-0.3, -0.25) is 0 Å². The predicted octanol–water partition coefficient (Wildman–Crippen LogP) is -5.64. The third-order valence-corrected chi connectivity index (χ3v) is 7.27. The van der Waals surface area contributed by atoms with Crippen molar-refractivity contribution in [3.8, 4) is 22.3 Å². The van der Waals surface area contributed by atoms with Gasteiger partial charge < -0.3 is 0 Å². The lowest BCUT2D eigenvalue weighted by molar-refractivity contribution is 0.670. The zero-order chi connectivity index (χ0) is 24.0. The minimum atomic E-state index is -0.722. The van der Waals surface area contributed by atoms with E-state index in [-0.39, 0.29) is 27.3 Å². The summed E-state index contributed by atoms with van der Waals surface area (Å²) >= 11 is 3.42. The van der Waals surface area contributed by atoms with Crippen molar-refractivity contribution in [2.45, 2.75) is 19.3 Å². The molecule has 1 aliphatic carbocycles. The highest BCUT2D eigenvalue weighted by atomic mass is 79.9. The van der Waals surface area contributed by atoms with Crippen LogP contribution in [0.1, 0.15) is 25.0 Å². The Morgan fingerprint density at radius 2 is 0.938 bits per heavy atom. The van der Waals surface area contributed by atoms with Crippen LogP contribution in [0.2, 0.25) is 0 Å². The molecule has 0 aliphatic heterocycles. The molecule has 0 aromatic heterocycles. The largest absolute Gasteiger partial charge is 0.116 e. The van der Waals surface area contributed by atoms with Crippen molar-refractivity contribution in [2.75, 3.05) is 0 Å². The Balaban J connectivity index is 2.34. The molecule has 20 radical (unpaired) electrons. The number of halogens is 1. The number of hydrogen-bond donors (Lipinski definition) is 0. The first kappa shape index (κ1) is 23.9. The summed E-state index contributed by atoms with van der Waals surface area (Å²) in [7, 11) is 63.6. The maximum atomic E-state index is 6.53. The van der Waals surface area contributed by atoms with Gasteiger partial charge in [0, 0.05) is 9.89 Å². The second-order valence-electron chi connectivity index (χ2n) is 8.55. The summed E-state index contributed by atoms with van der Waals surface area (Å²) in [6.45, 7) is 3.90. The van der Waals surface area contributed by atoms with Crippen LogP contribution in [0.25, 0.3) is 22.3 Å². The number of benzene rings is 3. The lowest BCUT2D eigenvalue weighted by atomic mass is 9.61. The fourth-order valence-corrected chi connectivity index (χ4v) is 5.15. The molecule has 0 spiro atoms. The van der Waals surface area contributed by atoms with Gasteiger partial charge in [0.2, 0.25) is 0 Å². The van der Waals surface area contributed by atoms with E-state index in [1.165, 1.54) is 0 Å². The highest BCUT2D eigenvalue weighted by molar-refractivity contribution is 9.10. The van der Waals surface area contributed by atoms with Gasteiger partial charge in [0.15, 0.2) is 0 Å². The Bertz CT molecular complexity index is 1360. The van der Waals surface area contributed by atoms with E-state index in [9.17, 15) is 0 Å². The van der Waals surface area contributed by atoms with Crippen LogP contribution in [0.4, 0.5) is 0 Å². The lowest BCUT2D eigenvalue weighted by Gasteiger charge is -2.30. The minimum Gasteiger partial charge on any atom is -0.111 e. The van der Waals surface area contributed by atoms with Gasteiger partial charge in [0.25, 0.3) is 0 Å². The Morgan fingerprint density at radius 3 is 1.50 bits per heavy atom. The normalized spacial score (nSPS) is 13.7. The van der Waals surface area contributed by atoms with Gasteiger partial charge in [-0.25, -0.2) is 0 Å². The van der Waals surface area contributed by atoms with Crippen molar-refractivity contribution in [1.82, 2.24) is 0 Å². The van der Waals surface area contributed by atoms with Crippen molar-refractivity contribution in [1.29, 1.82) is 0 Å². The molecule has 0 amide bonds. The fourth-order valence-electron chi connectivity index (χ4n) is 4.83. The van der Waals surface area contributed by atoms with Gasteiger partial charge in [0.1, 0.15) is 78.5 Å². The van der Waals surface area contributed by atoms with Gasteiger partial charge in [-0.15, -0.1) is 16.4 Å². The molecule has 0 saturated carbocycles. The van der Waals surface area contributed by atoms with E-state index in [4.69, 9.17) is 78.5 Å². The molecule has 0 fully saturated rings. The molecule has 32 heavy (non-hydrogen) atoms. The molecule has 0 N–H and O–H groups in total. The van der Waals surface area contributed by atoms with E-state index in [0.29, 0.717) is 65.2 Å². The third-order valence-electron chi connectivity index (χ3n) is 6.39. The van der Waals surface area contributed by atoms with Gasteiger partial charge in [0.05, 0.1) is 0 Å². The van der Waals surface area contributed by atoms with Crippen LogP contribution in [-0.4, -0.2) is 78.5 Å². The van der Waals surface area contributed by atoms with Crippen molar-refractivity contribution in [2.24, 2.45) is 0 Å². The Labute approximate surface area is 211 Å². The van der Waals surface area contributed by atoms with E-state index in [0.717, 1.165) is 0 Å². The average Bonchev–Trinajstić information content (AvgIpc) is 2.97. The van der Waals surface area contributed by atoms with Crippen LogP contribution in [0.3, 0.4) is 0 Å². The SMILES string of the molecule is [B]c1cc([B])c(-c2c([B])c([B])c([B])c3c2-c2c([B])c([B])c([B])c([B])c2C3(C)C)c([B])c1Br. The topological polar surface area (TPSA) is 0 Å². The van der Waals surface area contributed by atoms with Crippen molar-refractivity contribution < 1.29 is 0 Å². The average molecular weight is 447 g/mol. The Hall–Kier alpha value is -1.21. The van der Waals surface area contributed by atoms with E-state index in [2.05, 4.69) is 15.9 Å². The van der Waals surface area contributed by atoms with Crippen molar-refractivity contribution in [3.63, 3.8) is 0 Å². The monoisotopic (exact) mass is 448 g/mol. The Morgan fingerprint density at radius 1 is 0.500 bits per heavy atom. The van der Waals surface area contributed by atoms with Crippen LogP contribution >= 0.6 is 15.9 Å². The molecule has 3 aromatic rings. The summed E-state index contributed by atoms with van der Waals surface area (Å²) in [6, 6.07) is 1.59. The first-order chi connectivity index (χ1) is 14.7. The fraction of sp³-hybridized carbons (Fsp3) is 0.143. The predicted molar refractivity (Wildman–Crippen MR) is 151 cm³/mol. The zero-order valence-electron chi connectivity index (χ0n) is 17.7. The quantitative estimate of drug-likeness (QED) is 0.327. The molecule has 4 rings (SSSR count). The van der Waals surface area contributed by atoms with Gasteiger partial charge in [-0.1, -0.05) is 74.1 Å². The first-order valence-corrected chi connectivity index (χ1v) is 10.4. The minimum absolute atomic E-state index is 0.171. The zero-order valence-corrected chi connectivity index (χ0v) is 19.3. The molecule has 0 heterocycles. The highest BCUT2D eigenvalue weighted by Crippen LogP contribution is 2.48. The molecule has 11 heteroatoms. The molecular weight excluding hydrogens is 440 g/mol. The summed E-state index contributed by atoms with van der Waals surface area (Å²) in [5.41, 5.74) is 5.40. The summed E-state index contributed by atoms with van der Waals surface area (Å²) in [5.74, 6) is 0. The summed E-state index contributed by atoms with van der Waals surface area (Å²) in [5, 5.41) is 0. The van der Waals surface area contributed by atoms with Crippen LogP contribution in [0, 0.1) is 0 Å². The maximum Gasteiger partial charge on any atom is 0.116 e. The van der Waals surface area contributed by atoms with E-state index in [1.54, 1.807) is 6.07 Å². The van der Waals surface area contributed by atoms with Crippen LogP contribution in [0.15, 0.2) is 10.5 Å². The van der Waals surface area contributed by atoms with Crippen LogP contribution in [0.5, 0.6) is 0 Å². The number of hydrogen-bond acceptors (Lipinski definition) is 0. The lowest BCUT2D eigenvalue weighted by Crippen LogP contribution is -2.51. The number of fused-ring (bicyclic) bond motifs is 3. The number of rotatable bonds is 1. The van der Waals surface area contributed by atoms with E-state index in [1.807, 2.05) is 13.8 Å². The van der Waals surface area contributed by atoms with E-state index >= 15 is 0 Å². The second kappa shape index (κ2) is 7.66. The summed E-state index contributed by atoms with van der Waals surface area (Å²) < 4.78 is 0.479. The third kappa shape index (κ3) is 2.95. The smallest absolute Gasteiger partial charge is 0.111 e. The molecule has 0 nitrogen and oxygen atoms in total. The van der Waals surface area contributed by atoms with Crippen LogP contribution in [-0.2, 0) is 5.41 Å². The molecule has 0 bridgehead atoms. The van der Waals surface area contributed by atoms with E-state index < -0.39 is 5.41 Å². The van der Waals surface area contributed by atoms with Gasteiger partial charge in [-0.2, -0.15) is 0 Å². The summed E-state index contributed by atoms with van der Waals surface area (Å²) in [6.07, 6.45) is 0. The summed E-state index contributed by atoms with van der Waals surface area (Å²) in [4.78, 5) is 0. The Kier molecular flexibility index (Phi) is 5.73. The van der Waals surface area contributed by atoms with Gasteiger partial charge in [-0.05, 0) is 33.4 Å². The molecule has 0 saturated heterocycles. The molecule has 3 aromatic carbocycles. The first-order valence-electron chi connectivity index (χ1n) is 9.65. The van der Waals surface area contributed by atoms with Gasteiger partial charge >= 0.3 is 0 Å². The second-order valence-corrected chi connectivity index (χ2v) is 9.35. The van der Waals surface area contributed by atoms with Crippen molar-refractivity contribution in [3.05, 3.63) is 21.7 Å². The molecule has 128 valence electrons. The maximum absolute atomic E-state index is 6.53. The van der Waals surface area contributed by atoms with Crippen LogP contribution < -0.4 is 54.6 Å². The molecule has 0 atom stereocenters. The molecule has 0 unspecified atom stereocenters. The highest BCUT2D eigenvalue weighted by Gasteiger charge is 2.41.